The zero-order valence-corrected chi connectivity index (χ0v) is 19.6. The van der Waals surface area contributed by atoms with E-state index in [9.17, 15) is 27.6 Å². The number of carbonyl (C=O) groups excluding carboxylic acids is 3. The van der Waals surface area contributed by atoms with Crippen molar-refractivity contribution in [2.75, 3.05) is 13.1 Å². The largest absolute Gasteiger partial charge is 0.416 e. The first kappa shape index (κ1) is 24.7. The van der Waals surface area contributed by atoms with Crippen LogP contribution >= 0.6 is 0 Å². The molecular formula is C25H27F3N4O3. The van der Waals surface area contributed by atoms with Crippen molar-refractivity contribution in [3.8, 4) is 0 Å². The first-order valence-corrected chi connectivity index (χ1v) is 11.5. The fourth-order valence-corrected chi connectivity index (χ4v) is 4.55. The Morgan fingerprint density at radius 3 is 2.49 bits per heavy atom. The van der Waals surface area contributed by atoms with Crippen molar-refractivity contribution in [3.63, 3.8) is 0 Å². The summed E-state index contributed by atoms with van der Waals surface area (Å²) in [6.07, 6.45) is -2.45. The van der Waals surface area contributed by atoms with Crippen LogP contribution in [0.15, 0.2) is 42.5 Å². The molecule has 2 fully saturated rings. The Kier molecular flexibility index (Phi) is 6.57. The van der Waals surface area contributed by atoms with Gasteiger partial charge in [-0.15, -0.1) is 0 Å². The Hall–Kier alpha value is -3.43. The zero-order chi connectivity index (χ0) is 25.4. The zero-order valence-electron chi connectivity index (χ0n) is 19.6. The third-order valence-electron chi connectivity index (χ3n) is 6.40. The number of hydrogen-bond donors (Lipinski definition) is 1. The lowest BCUT2D eigenvalue weighted by Gasteiger charge is -2.25. The number of nitrogens with one attached hydrogen (secondary N) is 1. The fourth-order valence-electron chi connectivity index (χ4n) is 4.55. The predicted molar refractivity (Wildman–Crippen MR) is 121 cm³/mol. The number of urea groups is 1. The number of amides is 4. The van der Waals surface area contributed by atoms with Gasteiger partial charge in [-0.1, -0.05) is 18.2 Å². The van der Waals surface area contributed by atoms with E-state index in [1.807, 2.05) is 18.2 Å². The third kappa shape index (κ3) is 5.31. The molecule has 1 aromatic heterocycles. The van der Waals surface area contributed by atoms with Crippen LogP contribution in [0.2, 0.25) is 0 Å². The van der Waals surface area contributed by atoms with E-state index in [1.54, 1.807) is 18.7 Å². The number of carbonyl (C=O) groups is 3. The molecule has 2 saturated heterocycles. The second kappa shape index (κ2) is 9.31. The van der Waals surface area contributed by atoms with Gasteiger partial charge >= 0.3 is 12.2 Å². The summed E-state index contributed by atoms with van der Waals surface area (Å²) >= 11 is 0. The van der Waals surface area contributed by atoms with Gasteiger partial charge in [-0.2, -0.15) is 13.2 Å². The summed E-state index contributed by atoms with van der Waals surface area (Å²) < 4.78 is 38.4. The van der Waals surface area contributed by atoms with Crippen molar-refractivity contribution in [1.82, 2.24) is 20.1 Å². The van der Waals surface area contributed by atoms with Gasteiger partial charge in [-0.05, 0) is 56.5 Å². The number of nitrogens with zero attached hydrogens (tertiary/aromatic N) is 3. The molecule has 3 heterocycles. The van der Waals surface area contributed by atoms with Crippen molar-refractivity contribution in [1.29, 1.82) is 0 Å². The van der Waals surface area contributed by atoms with Crippen molar-refractivity contribution in [3.05, 3.63) is 65.0 Å². The van der Waals surface area contributed by atoms with Gasteiger partial charge in [0.25, 0.3) is 5.91 Å². The van der Waals surface area contributed by atoms with E-state index in [0.29, 0.717) is 24.2 Å². The minimum absolute atomic E-state index is 0.0114. The highest BCUT2D eigenvalue weighted by Gasteiger charge is 2.44. The first-order valence-electron chi connectivity index (χ1n) is 11.5. The normalized spacial score (nSPS) is 19.9. The van der Waals surface area contributed by atoms with Gasteiger partial charge in [0.05, 0.1) is 17.3 Å². The summed E-state index contributed by atoms with van der Waals surface area (Å²) in [6.45, 7) is 3.81. The lowest BCUT2D eigenvalue weighted by Crippen LogP contribution is -2.41. The van der Waals surface area contributed by atoms with Crippen molar-refractivity contribution < 1.29 is 27.6 Å². The summed E-state index contributed by atoms with van der Waals surface area (Å²) in [5.41, 5.74) is 0.450. The maximum absolute atomic E-state index is 13.0. The highest BCUT2D eigenvalue weighted by Crippen LogP contribution is 2.32. The van der Waals surface area contributed by atoms with Gasteiger partial charge in [0.15, 0.2) is 0 Å². The average Bonchev–Trinajstić information content (AvgIpc) is 3.35. The maximum Gasteiger partial charge on any atom is 0.416 e. The Balaban J connectivity index is 1.41. The molecule has 2 aliphatic rings. The highest BCUT2D eigenvalue weighted by atomic mass is 19.4. The van der Waals surface area contributed by atoms with E-state index >= 15 is 0 Å². The van der Waals surface area contributed by atoms with Crippen LogP contribution in [0, 0.1) is 0 Å². The van der Waals surface area contributed by atoms with E-state index in [4.69, 9.17) is 0 Å². The fraction of sp³-hybridized carbons (Fsp3) is 0.440. The molecule has 7 nitrogen and oxygen atoms in total. The molecule has 186 valence electrons. The Labute approximate surface area is 201 Å². The molecule has 0 saturated carbocycles. The summed E-state index contributed by atoms with van der Waals surface area (Å²) in [6, 6.07) is 9.76. The lowest BCUT2D eigenvalue weighted by atomic mass is 10.0. The summed E-state index contributed by atoms with van der Waals surface area (Å²) in [7, 11) is 0. The predicted octanol–water partition coefficient (Wildman–Crippen LogP) is 4.08. The number of aromatic nitrogens is 1. The van der Waals surface area contributed by atoms with Crippen molar-refractivity contribution in [2.24, 2.45) is 0 Å². The van der Waals surface area contributed by atoms with Crippen LogP contribution in [0.25, 0.3) is 0 Å². The number of alkyl halides is 3. The molecule has 0 spiro atoms. The molecule has 0 radical (unpaired) electrons. The van der Waals surface area contributed by atoms with Crippen LogP contribution in [-0.4, -0.2) is 51.3 Å². The van der Waals surface area contributed by atoms with Crippen molar-refractivity contribution in [2.45, 2.75) is 57.3 Å². The molecule has 4 rings (SSSR count). The van der Waals surface area contributed by atoms with Gasteiger partial charge in [0, 0.05) is 31.6 Å². The monoisotopic (exact) mass is 488 g/mol. The van der Waals surface area contributed by atoms with Crippen LogP contribution in [0.3, 0.4) is 0 Å². The SMILES string of the molecule is CC1(C)NC(=O)N(CCC(=O)N2CCCC2c2cccc(Cc3ccc(C(F)(F)F)cc3)n2)C1=O. The number of hydrogen-bond acceptors (Lipinski definition) is 4. The molecule has 1 N–H and O–H groups in total. The lowest BCUT2D eigenvalue weighted by molar-refractivity contribution is -0.137. The standard InChI is InChI=1S/C25H27F3N4O3/c1-24(2)22(34)32(23(35)30-24)14-12-21(33)31-13-4-7-20(31)19-6-3-5-18(29-19)15-16-8-10-17(11-9-16)25(26,27)28/h3,5-6,8-11,20H,4,7,12-15H2,1-2H3,(H,30,35). The van der Waals surface area contributed by atoms with E-state index in [-0.39, 0.29) is 30.8 Å². The average molecular weight is 489 g/mol. The number of rotatable bonds is 6. The molecule has 1 unspecified atom stereocenters. The van der Waals surface area contributed by atoms with Gasteiger partial charge in [-0.25, -0.2) is 4.79 Å². The minimum atomic E-state index is -4.38. The maximum atomic E-state index is 13.0. The van der Waals surface area contributed by atoms with Crippen LogP contribution in [0.4, 0.5) is 18.0 Å². The van der Waals surface area contributed by atoms with Gasteiger partial charge in [0.2, 0.25) is 5.91 Å². The van der Waals surface area contributed by atoms with Crippen LogP contribution < -0.4 is 5.32 Å². The molecule has 2 aromatic rings. The number of benzene rings is 1. The highest BCUT2D eigenvalue weighted by molar-refractivity contribution is 6.06. The van der Waals surface area contributed by atoms with Gasteiger partial charge in [0.1, 0.15) is 5.54 Å². The van der Waals surface area contributed by atoms with Crippen LogP contribution in [-0.2, 0) is 22.2 Å². The molecule has 4 amide bonds. The molecular weight excluding hydrogens is 461 g/mol. The molecule has 0 bridgehead atoms. The van der Waals surface area contributed by atoms with Crippen molar-refractivity contribution >= 4 is 17.8 Å². The minimum Gasteiger partial charge on any atom is -0.334 e. The van der Waals surface area contributed by atoms with E-state index in [2.05, 4.69) is 10.3 Å². The first-order chi connectivity index (χ1) is 16.5. The number of likely N-dealkylation sites (tertiary alicyclic amines) is 1. The Morgan fingerprint density at radius 1 is 1.14 bits per heavy atom. The van der Waals surface area contributed by atoms with E-state index in [1.165, 1.54) is 12.1 Å². The quantitative estimate of drug-likeness (QED) is 0.622. The molecule has 1 atom stereocenters. The molecule has 0 aliphatic carbocycles. The summed E-state index contributed by atoms with van der Waals surface area (Å²) in [4.78, 5) is 44.9. The molecule has 35 heavy (non-hydrogen) atoms. The van der Waals surface area contributed by atoms with Gasteiger partial charge in [-0.3, -0.25) is 19.5 Å². The summed E-state index contributed by atoms with van der Waals surface area (Å²) in [5.74, 6) is -0.515. The third-order valence-corrected chi connectivity index (χ3v) is 6.40. The van der Waals surface area contributed by atoms with Gasteiger partial charge < -0.3 is 10.2 Å². The van der Waals surface area contributed by atoms with Crippen LogP contribution in [0.1, 0.15) is 61.7 Å². The van der Waals surface area contributed by atoms with E-state index < -0.39 is 23.3 Å². The smallest absolute Gasteiger partial charge is 0.334 e. The number of imide groups is 1. The Morgan fingerprint density at radius 2 is 1.86 bits per heavy atom. The van der Waals surface area contributed by atoms with E-state index in [0.717, 1.165) is 35.6 Å². The second-order valence-electron chi connectivity index (χ2n) is 9.43. The number of halogens is 3. The molecule has 2 aliphatic heterocycles. The topological polar surface area (TPSA) is 82.6 Å². The number of pyridine rings is 1. The Bertz CT molecular complexity index is 1130. The van der Waals surface area contributed by atoms with Crippen LogP contribution in [0.5, 0.6) is 0 Å². The molecule has 10 heteroatoms. The molecule has 1 aromatic carbocycles. The summed E-state index contributed by atoms with van der Waals surface area (Å²) in [5, 5.41) is 2.60. The second-order valence-corrected chi connectivity index (χ2v) is 9.43.